The van der Waals surface area contributed by atoms with Crippen molar-refractivity contribution in [3.63, 3.8) is 0 Å². The number of methoxy groups -OCH3 is 1. The van der Waals surface area contributed by atoms with E-state index in [2.05, 4.69) is 15.9 Å². The van der Waals surface area contributed by atoms with Gasteiger partial charge in [0.1, 0.15) is 11.5 Å². The molecule has 1 aromatic carbocycles. The smallest absolute Gasteiger partial charge is 0.260 e. The fourth-order valence-corrected chi connectivity index (χ4v) is 3.22. The van der Waals surface area contributed by atoms with Gasteiger partial charge < -0.3 is 14.4 Å². The molecule has 0 N–H and O–H groups in total. The lowest BCUT2D eigenvalue weighted by Gasteiger charge is -2.16. The van der Waals surface area contributed by atoms with Crippen LogP contribution in [0.15, 0.2) is 40.2 Å². The van der Waals surface area contributed by atoms with Gasteiger partial charge in [0, 0.05) is 11.9 Å². The number of likely N-dealkylation sites (N-methyl/N-ethyl adjacent to an activating group) is 1. The molecule has 0 saturated carbocycles. The minimum atomic E-state index is -0.0599. The van der Waals surface area contributed by atoms with E-state index in [0.29, 0.717) is 12.3 Å². The molecule has 1 amide bonds. The van der Waals surface area contributed by atoms with Crippen LogP contribution in [0.1, 0.15) is 4.88 Å². The summed E-state index contributed by atoms with van der Waals surface area (Å²) in [4.78, 5) is 14.8. The zero-order valence-corrected chi connectivity index (χ0v) is 14.2. The maximum Gasteiger partial charge on any atom is 0.260 e. The van der Waals surface area contributed by atoms with Crippen LogP contribution >= 0.6 is 27.3 Å². The summed E-state index contributed by atoms with van der Waals surface area (Å²) in [6, 6.07) is 11.1. The lowest BCUT2D eigenvalue weighted by molar-refractivity contribution is -0.132. The number of nitrogens with zero attached hydrogens (tertiary/aromatic N) is 1. The number of hydrogen-bond acceptors (Lipinski definition) is 4. The topological polar surface area (TPSA) is 38.8 Å². The van der Waals surface area contributed by atoms with Crippen molar-refractivity contribution in [1.29, 1.82) is 0 Å². The first-order valence-corrected chi connectivity index (χ1v) is 7.94. The molecule has 4 nitrogen and oxygen atoms in total. The van der Waals surface area contributed by atoms with Crippen molar-refractivity contribution in [3.05, 3.63) is 45.1 Å². The SMILES string of the molecule is COc1ccc(OCC(=O)N(C)Cc2ccc(Br)s2)cc1. The Morgan fingerprint density at radius 2 is 1.86 bits per heavy atom. The summed E-state index contributed by atoms with van der Waals surface area (Å²) in [5.74, 6) is 1.35. The zero-order chi connectivity index (χ0) is 15.2. The van der Waals surface area contributed by atoms with Gasteiger partial charge in [-0.05, 0) is 52.3 Å². The summed E-state index contributed by atoms with van der Waals surface area (Å²) in [6.45, 7) is 0.608. The number of thiophene rings is 1. The van der Waals surface area contributed by atoms with Crippen LogP contribution in [0.4, 0.5) is 0 Å². The third-order valence-electron chi connectivity index (χ3n) is 2.87. The number of halogens is 1. The Bertz CT molecular complexity index is 597. The maximum absolute atomic E-state index is 12.0. The first-order valence-electron chi connectivity index (χ1n) is 6.33. The molecule has 0 aliphatic rings. The minimum Gasteiger partial charge on any atom is -0.497 e. The molecule has 0 aliphatic carbocycles. The van der Waals surface area contributed by atoms with E-state index in [-0.39, 0.29) is 12.5 Å². The molecule has 0 radical (unpaired) electrons. The molecule has 0 aliphatic heterocycles. The van der Waals surface area contributed by atoms with Gasteiger partial charge in [-0.1, -0.05) is 0 Å². The monoisotopic (exact) mass is 369 g/mol. The number of rotatable bonds is 6. The van der Waals surface area contributed by atoms with Gasteiger partial charge in [0.25, 0.3) is 5.91 Å². The van der Waals surface area contributed by atoms with Crippen molar-refractivity contribution in [2.24, 2.45) is 0 Å². The van der Waals surface area contributed by atoms with Crippen LogP contribution < -0.4 is 9.47 Å². The second-order valence-electron chi connectivity index (χ2n) is 4.42. The average molecular weight is 370 g/mol. The Kier molecular flexibility index (Phi) is 5.64. The molecule has 0 bridgehead atoms. The minimum absolute atomic E-state index is 0.0232. The molecule has 0 spiro atoms. The summed E-state index contributed by atoms with van der Waals surface area (Å²) >= 11 is 5.03. The third kappa shape index (κ3) is 4.75. The van der Waals surface area contributed by atoms with Crippen molar-refractivity contribution >= 4 is 33.2 Å². The van der Waals surface area contributed by atoms with Crippen LogP contribution in [-0.2, 0) is 11.3 Å². The molecule has 1 aromatic heterocycles. The van der Waals surface area contributed by atoms with E-state index in [1.807, 2.05) is 12.1 Å². The summed E-state index contributed by atoms with van der Waals surface area (Å²) in [6.07, 6.45) is 0. The Hall–Kier alpha value is -1.53. The lowest BCUT2D eigenvalue weighted by atomic mass is 10.3. The summed E-state index contributed by atoms with van der Waals surface area (Å²) in [7, 11) is 3.38. The average Bonchev–Trinajstić information content (AvgIpc) is 2.90. The number of carbonyl (C=O) groups excluding carboxylic acids is 1. The highest BCUT2D eigenvalue weighted by Gasteiger charge is 2.11. The zero-order valence-electron chi connectivity index (χ0n) is 11.8. The fraction of sp³-hybridized carbons (Fsp3) is 0.267. The Labute approximate surface area is 136 Å². The van der Waals surface area contributed by atoms with Crippen LogP contribution in [0.25, 0.3) is 0 Å². The Morgan fingerprint density at radius 3 is 2.43 bits per heavy atom. The van der Waals surface area contributed by atoms with Crippen molar-refractivity contribution in [3.8, 4) is 11.5 Å². The molecule has 0 unspecified atom stereocenters. The number of ether oxygens (including phenoxy) is 2. The van der Waals surface area contributed by atoms with E-state index < -0.39 is 0 Å². The molecule has 21 heavy (non-hydrogen) atoms. The lowest BCUT2D eigenvalue weighted by Crippen LogP contribution is -2.30. The highest BCUT2D eigenvalue weighted by Crippen LogP contribution is 2.23. The van der Waals surface area contributed by atoms with Crippen LogP contribution in [0.5, 0.6) is 11.5 Å². The number of carbonyl (C=O) groups is 1. The molecular weight excluding hydrogens is 354 g/mol. The van der Waals surface area contributed by atoms with Crippen LogP contribution in [0, 0.1) is 0 Å². The van der Waals surface area contributed by atoms with Crippen molar-refractivity contribution < 1.29 is 14.3 Å². The Morgan fingerprint density at radius 1 is 1.19 bits per heavy atom. The van der Waals surface area contributed by atoms with Gasteiger partial charge in [-0.2, -0.15) is 0 Å². The largest absolute Gasteiger partial charge is 0.497 e. The molecule has 0 saturated heterocycles. The standard InChI is InChI=1S/C15H16BrNO3S/c1-17(9-13-7-8-14(16)21-13)15(18)10-20-12-5-3-11(19-2)4-6-12/h3-8H,9-10H2,1-2H3. The summed E-state index contributed by atoms with van der Waals surface area (Å²) in [5, 5.41) is 0. The first-order chi connectivity index (χ1) is 10.1. The van der Waals surface area contributed by atoms with E-state index in [1.165, 1.54) is 0 Å². The van der Waals surface area contributed by atoms with Gasteiger partial charge in [-0.3, -0.25) is 4.79 Å². The van der Waals surface area contributed by atoms with Gasteiger partial charge in [0.05, 0.1) is 17.4 Å². The normalized spacial score (nSPS) is 10.2. The fourth-order valence-electron chi connectivity index (χ4n) is 1.69. The quantitative estimate of drug-likeness (QED) is 0.781. The highest BCUT2D eigenvalue weighted by atomic mass is 79.9. The maximum atomic E-state index is 12.0. The Balaban J connectivity index is 1.82. The van der Waals surface area contributed by atoms with E-state index in [0.717, 1.165) is 14.4 Å². The number of benzene rings is 1. The van der Waals surface area contributed by atoms with Crippen molar-refractivity contribution in [1.82, 2.24) is 4.90 Å². The van der Waals surface area contributed by atoms with Gasteiger partial charge in [-0.25, -0.2) is 0 Å². The summed E-state index contributed by atoms with van der Waals surface area (Å²) < 4.78 is 11.6. The van der Waals surface area contributed by atoms with Gasteiger partial charge in [-0.15, -0.1) is 11.3 Å². The first kappa shape index (κ1) is 15.9. The van der Waals surface area contributed by atoms with E-state index >= 15 is 0 Å². The van der Waals surface area contributed by atoms with Crippen LogP contribution in [0.3, 0.4) is 0 Å². The highest BCUT2D eigenvalue weighted by molar-refractivity contribution is 9.11. The predicted octanol–water partition coefficient (Wildman–Crippen LogP) is 3.56. The molecule has 2 rings (SSSR count). The van der Waals surface area contributed by atoms with Gasteiger partial charge >= 0.3 is 0 Å². The van der Waals surface area contributed by atoms with Crippen LogP contribution in [0.2, 0.25) is 0 Å². The molecule has 0 fully saturated rings. The second-order valence-corrected chi connectivity index (χ2v) is 6.97. The molecule has 112 valence electrons. The number of amides is 1. The van der Waals surface area contributed by atoms with E-state index in [1.54, 1.807) is 54.7 Å². The molecular formula is C15H16BrNO3S. The van der Waals surface area contributed by atoms with Crippen LogP contribution in [-0.4, -0.2) is 31.6 Å². The third-order valence-corrected chi connectivity index (χ3v) is 4.48. The van der Waals surface area contributed by atoms with E-state index in [4.69, 9.17) is 9.47 Å². The summed E-state index contributed by atoms with van der Waals surface area (Å²) in [5.41, 5.74) is 0. The second kappa shape index (κ2) is 7.47. The molecule has 6 heteroatoms. The molecule has 1 heterocycles. The molecule has 2 aromatic rings. The molecule has 0 atom stereocenters. The van der Waals surface area contributed by atoms with Crippen molar-refractivity contribution in [2.45, 2.75) is 6.54 Å². The predicted molar refractivity (Wildman–Crippen MR) is 87.0 cm³/mol. The van der Waals surface area contributed by atoms with E-state index in [9.17, 15) is 4.79 Å². The van der Waals surface area contributed by atoms with Gasteiger partial charge in [0.2, 0.25) is 0 Å². The number of hydrogen-bond donors (Lipinski definition) is 0. The van der Waals surface area contributed by atoms with Crippen molar-refractivity contribution in [2.75, 3.05) is 20.8 Å². The van der Waals surface area contributed by atoms with Gasteiger partial charge in [0.15, 0.2) is 6.61 Å².